The van der Waals surface area contributed by atoms with Gasteiger partial charge in [0.1, 0.15) is 5.75 Å². The molecule has 3 aromatic rings. The molecular weight excluding hydrogens is 262 g/mol. The van der Waals surface area contributed by atoms with Crippen LogP contribution in [0.2, 0.25) is 0 Å². The van der Waals surface area contributed by atoms with Crippen molar-refractivity contribution in [1.82, 2.24) is 9.55 Å². The maximum atomic E-state index is 6.04. The maximum absolute atomic E-state index is 6.04. The third-order valence-corrected chi connectivity index (χ3v) is 3.67. The predicted octanol–water partition coefficient (Wildman–Crippen LogP) is 3.26. The highest BCUT2D eigenvalue weighted by Crippen LogP contribution is 2.23. The summed E-state index contributed by atoms with van der Waals surface area (Å²) < 4.78 is 7.29. The number of nitrogen functional groups attached to an aromatic ring is 1. The topological polar surface area (TPSA) is 53.1 Å². The fraction of sp³-hybridized carbons (Fsp3) is 0.235. The quantitative estimate of drug-likeness (QED) is 0.781. The second-order valence-corrected chi connectivity index (χ2v) is 5.07. The van der Waals surface area contributed by atoms with Gasteiger partial charge in [0.05, 0.1) is 18.1 Å². The summed E-state index contributed by atoms with van der Waals surface area (Å²) >= 11 is 0. The van der Waals surface area contributed by atoms with Crippen molar-refractivity contribution in [2.45, 2.75) is 19.4 Å². The van der Waals surface area contributed by atoms with Crippen molar-refractivity contribution in [3.05, 3.63) is 54.1 Å². The van der Waals surface area contributed by atoms with Crippen LogP contribution in [-0.2, 0) is 13.0 Å². The Morgan fingerprint density at radius 3 is 2.71 bits per heavy atom. The molecule has 0 amide bonds. The van der Waals surface area contributed by atoms with Gasteiger partial charge in [-0.1, -0.05) is 30.3 Å². The smallest absolute Gasteiger partial charge is 0.201 e. The molecule has 0 aliphatic rings. The minimum Gasteiger partial charge on any atom is -0.497 e. The lowest BCUT2D eigenvalue weighted by Gasteiger charge is -2.07. The van der Waals surface area contributed by atoms with Gasteiger partial charge in [-0.15, -0.1) is 0 Å². The SMILES string of the molecule is COc1ccc2c(c1)nc(N)n2CCCc1ccccc1. The van der Waals surface area contributed by atoms with Crippen molar-refractivity contribution in [3.63, 3.8) is 0 Å². The molecule has 0 radical (unpaired) electrons. The molecule has 1 aromatic heterocycles. The molecule has 2 aromatic carbocycles. The van der Waals surface area contributed by atoms with Gasteiger partial charge >= 0.3 is 0 Å². The van der Waals surface area contributed by atoms with Gasteiger partial charge in [0.15, 0.2) is 0 Å². The zero-order valence-corrected chi connectivity index (χ0v) is 12.1. The van der Waals surface area contributed by atoms with E-state index < -0.39 is 0 Å². The van der Waals surface area contributed by atoms with Crippen molar-refractivity contribution in [1.29, 1.82) is 0 Å². The Morgan fingerprint density at radius 1 is 1.14 bits per heavy atom. The summed E-state index contributed by atoms with van der Waals surface area (Å²) in [7, 11) is 1.65. The number of nitrogens with zero attached hydrogens (tertiary/aromatic N) is 2. The van der Waals surface area contributed by atoms with Crippen LogP contribution >= 0.6 is 0 Å². The van der Waals surface area contributed by atoms with Gasteiger partial charge in [0.25, 0.3) is 0 Å². The Kier molecular flexibility index (Phi) is 3.77. The molecule has 21 heavy (non-hydrogen) atoms. The minimum atomic E-state index is 0.561. The number of methoxy groups -OCH3 is 1. The summed E-state index contributed by atoms with van der Waals surface area (Å²) in [6.45, 7) is 0.865. The first kappa shape index (κ1) is 13.5. The van der Waals surface area contributed by atoms with E-state index in [0.717, 1.165) is 36.2 Å². The van der Waals surface area contributed by atoms with E-state index in [-0.39, 0.29) is 0 Å². The van der Waals surface area contributed by atoms with E-state index in [9.17, 15) is 0 Å². The number of fused-ring (bicyclic) bond motifs is 1. The van der Waals surface area contributed by atoms with E-state index in [1.165, 1.54) is 5.56 Å². The van der Waals surface area contributed by atoms with Gasteiger partial charge in [-0.25, -0.2) is 4.98 Å². The lowest BCUT2D eigenvalue weighted by molar-refractivity contribution is 0.415. The molecule has 1 heterocycles. The molecule has 0 atom stereocenters. The van der Waals surface area contributed by atoms with E-state index in [1.807, 2.05) is 24.3 Å². The number of ether oxygens (including phenoxy) is 1. The average molecular weight is 281 g/mol. The summed E-state index contributed by atoms with van der Waals surface area (Å²) in [5.41, 5.74) is 9.32. The second kappa shape index (κ2) is 5.87. The zero-order chi connectivity index (χ0) is 14.7. The first-order valence-corrected chi connectivity index (χ1v) is 7.11. The van der Waals surface area contributed by atoms with E-state index in [4.69, 9.17) is 10.5 Å². The van der Waals surface area contributed by atoms with Gasteiger partial charge in [-0.05, 0) is 30.5 Å². The lowest BCUT2D eigenvalue weighted by Crippen LogP contribution is -2.04. The Morgan fingerprint density at radius 2 is 1.95 bits per heavy atom. The highest BCUT2D eigenvalue weighted by Gasteiger charge is 2.08. The van der Waals surface area contributed by atoms with Gasteiger partial charge < -0.3 is 15.0 Å². The monoisotopic (exact) mass is 281 g/mol. The highest BCUT2D eigenvalue weighted by molar-refractivity contribution is 5.79. The van der Waals surface area contributed by atoms with Crippen molar-refractivity contribution < 1.29 is 4.74 Å². The van der Waals surface area contributed by atoms with Gasteiger partial charge in [0.2, 0.25) is 5.95 Å². The molecule has 0 spiro atoms. The number of aryl methyl sites for hydroxylation is 2. The Labute approximate surface area is 124 Å². The van der Waals surface area contributed by atoms with Crippen LogP contribution in [0.15, 0.2) is 48.5 Å². The summed E-state index contributed by atoms with van der Waals surface area (Å²) in [5.74, 6) is 1.36. The van der Waals surface area contributed by atoms with E-state index in [0.29, 0.717) is 5.95 Å². The fourth-order valence-corrected chi connectivity index (χ4v) is 2.58. The summed E-state index contributed by atoms with van der Waals surface area (Å²) in [6, 6.07) is 16.4. The number of rotatable bonds is 5. The molecular formula is C17H19N3O. The molecule has 0 unspecified atom stereocenters. The van der Waals surface area contributed by atoms with Crippen LogP contribution in [-0.4, -0.2) is 16.7 Å². The number of hydrogen-bond acceptors (Lipinski definition) is 3. The van der Waals surface area contributed by atoms with Gasteiger partial charge in [-0.3, -0.25) is 0 Å². The van der Waals surface area contributed by atoms with E-state index in [2.05, 4.69) is 33.8 Å². The number of imidazole rings is 1. The second-order valence-electron chi connectivity index (χ2n) is 5.07. The largest absolute Gasteiger partial charge is 0.497 e. The average Bonchev–Trinajstić information content (AvgIpc) is 2.83. The standard InChI is InChI=1S/C17H19N3O/c1-21-14-9-10-16-15(12-14)19-17(18)20(16)11-5-8-13-6-3-2-4-7-13/h2-4,6-7,9-10,12H,5,8,11H2,1H3,(H2,18,19). The fourth-order valence-electron chi connectivity index (χ4n) is 2.58. The number of hydrogen-bond donors (Lipinski definition) is 1. The first-order chi connectivity index (χ1) is 10.3. The van der Waals surface area contributed by atoms with Crippen molar-refractivity contribution in [2.24, 2.45) is 0 Å². The molecule has 0 saturated heterocycles. The van der Waals surface area contributed by atoms with Crippen LogP contribution in [0.4, 0.5) is 5.95 Å². The first-order valence-electron chi connectivity index (χ1n) is 7.11. The molecule has 4 nitrogen and oxygen atoms in total. The number of aromatic nitrogens is 2. The van der Waals surface area contributed by atoms with Crippen molar-refractivity contribution >= 4 is 17.0 Å². The highest BCUT2D eigenvalue weighted by atomic mass is 16.5. The lowest BCUT2D eigenvalue weighted by atomic mass is 10.1. The Hall–Kier alpha value is -2.49. The van der Waals surface area contributed by atoms with E-state index >= 15 is 0 Å². The minimum absolute atomic E-state index is 0.561. The van der Waals surface area contributed by atoms with Crippen LogP contribution < -0.4 is 10.5 Å². The molecule has 0 bridgehead atoms. The van der Waals surface area contributed by atoms with Crippen molar-refractivity contribution in [3.8, 4) is 5.75 Å². The Balaban J connectivity index is 1.76. The normalized spacial score (nSPS) is 10.9. The number of anilines is 1. The Bertz CT molecular complexity index is 734. The third-order valence-electron chi connectivity index (χ3n) is 3.67. The van der Waals surface area contributed by atoms with Gasteiger partial charge in [-0.2, -0.15) is 0 Å². The van der Waals surface area contributed by atoms with Crippen LogP contribution in [0.25, 0.3) is 11.0 Å². The van der Waals surface area contributed by atoms with Crippen LogP contribution in [0, 0.1) is 0 Å². The molecule has 0 fully saturated rings. The molecule has 0 aliphatic heterocycles. The van der Waals surface area contributed by atoms with Crippen LogP contribution in [0.3, 0.4) is 0 Å². The van der Waals surface area contributed by atoms with Crippen LogP contribution in [0.5, 0.6) is 5.75 Å². The molecule has 0 saturated carbocycles. The maximum Gasteiger partial charge on any atom is 0.201 e. The zero-order valence-electron chi connectivity index (χ0n) is 12.1. The molecule has 108 valence electrons. The number of nitrogens with two attached hydrogens (primary N) is 1. The molecule has 3 rings (SSSR count). The molecule has 4 heteroatoms. The molecule has 2 N–H and O–H groups in total. The van der Waals surface area contributed by atoms with Gasteiger partial charge in [0, 0.05) is 12.6 Å². The predicted molar refractivity (Wildman–Crippen MR) is 85.5 cm³/mol. The summed E-state index contributed by atoms with van der Waals surface area (Å²) in [6.07, 6.45) is 2.07. The third kappa shape index (κ3) is 2.84. The summed E-state index contributed by atoms with van der Waals surface area (Å²) in [5, 5.41) is 0. The number of benzene rings is 2. The van der Waals surface area contributed by atoms with E-state index in [1.54, 1.807) is 7.11 Å². The van der Waals surface area contributed by atoms with Crippen LogP contribution in [0.1, 0.15) is 12.0 Å². The summed E-state index contributed by atoms with van der Waals surface area (Å²) in [4.78, 5) is 4.41. The molecule has 0 aliphatic carbocycles. The van der Waals surface area contributed by atoms with Crippen molar-refractivity contribution in [2.75, 3.05) is 12.8 Å².